The van der Waals surface area contributed by atoms with Crippen molar-refractivity contribution in [3.05, 3.63) is 51.2 Å². The van der Waals surface area contributed by atoms with Crippen molar-refractivity contribution in [1.29, 1.82) is 0 Å². The van der Waals surface area contributed by atoms with Gasteiger partial charge in [0, 0.05) is 11.4 Å². The van der Waals surface area contributed by atoms with Crippen molar-refractivity contribution in [2.24, 2.45) is 0 Å². The molecule has 7 heteroatoms. The molecule has 0 aliphatic carbocycles. The molecule has 0 radical (unpaired) electrons. The van der Waals surface area contributed by atoms with Crippen LogP contribution in [0.25, 0.3) is 0 Å². The molecule has 0 amide bonds. The van der Waals surface area contributed by atoms with Crippen molar-refractivity contribution in [3.63, 3.8) is 0 Å². The minimum Gasteiger partial charge on any atom is -0.384 e. The summed E-state index contributed by atoms with van der Waals surface area (Å²) in [5, 5.41) is 8.81. The summed E-state index contributed by atoms with van der Waals surface area (Å²) in [5.41, 5.74) is 0. The van der Waals surface area contributed by atoms with Crippen LogP contribution in [0, 0.1) is 11.8 Å². The first-order valence-corrected chi connectivity index (χ1v) is 8.63. The summed E-state index contributed by atoms with van der Waals surface area (Å²) in [4.78, 5) is 1.66. The number of aliphatic hydroxyl groups excluding tert-OH is 1. The van der Waals surface area contributed by atoms with Gasteiger partial charge in [-0.05, 0) is 24.3 Å². The quantitative estimate of drug-likeness (QED) is 0.838. The predicted molar refractivity (Wildman–Crippen MR) is 83.8 cm³/mol. The lowest BCUT2D eigenvalue weighted by Gasteiger charge is -2.06. The molecule has 2 aromatic rings. The van der Waals surface area contributed by atoms with Crippen molar-refractivity contribution in [2.75, 3.05) is 6.61 Å². The Labute approximate surface area is 132 Å². The second-order valence-electron chi connectivity index (χ2n) is 3.98. The molecule has 0 saturated carbocycles. The molecule has 0 bridgehead atoms. The summed E-state index contributed by atoms with van der Waals surface area (Å²) in [6.07, 6.45) is 0. The molecular weight excluding hydrogens is 330 g/mol. The molecule has 21 heavy (non-hydrogen) atoms. The Morgan fingerprint density at radius 1 is 1.24 bits per heavy atom. The van der Waals surface area contributed by atoms with Gasteiger partial charge in [0.2, 0.25) is 10.0 Å². The van der Waals surface area contributed by atoms with Crippen molar-refractivity contribution in [1.82, 2.24) is 4.72 Å². The number of rotatable bonds is 4. The summed E-state index contributed by atoms with van der Waals surface area (Å²) < 4.78 is 26.8. The number of sulfonamides is 1. The molecule has 0 unspecified atom stereocenters. The first-order valence-electron chi connectivity index (χ1n) is 5.95. The van der Waals surface area contributed by atoms with Crippen LogP contribution < -0.4 is 4.72 Å². The fraction of sp³-hybridized carbons (Fsp3) is 0.143. The third-order valence-electron chi connectivity index (χ3n) is 2.51. The third kappa shape index (κ3) is 4.30. The highest BCUT2D eigenvalue weighted by atomic mass is 35.5. The summed E-state index contributed by atoms with van der Waals surface area (Å²) in [6, 6.07) is 9.86. The average Bonchev–Trinajstić information content (AvgIpc) is 2.91. The van der Waals surface area contributed by atoms with Crippen LogP contribution >= 0.6 is 22.9 Å². The monoisotopic (exact) mass is 341 g/mol. The summed E-state index contributed by atoms with van der Waals surface area (Å²) >= 11 is 7.26. The van der Waals surface area contributed by atoms with E-state index in [-0.39, 0.29) is 23.1 Å². The van der Waals surface area contributed by atoms with Crippen LogP contribution in [-0.2, 0) is 16.6 Å². The standard InChI is InChI=1S/C14H12ClNO3S2/c15-13-5-1-2-6-14(13)21(18,19)16-10-12-8-7-11(20-12)4-3-9-17/h1-2,5-8,16-17H,9-10H2. The van der Waals surface area contributed by atoms with Gasteiger partial charge < -0.3 is 5.11 Å². The number of halogens is 1. The van der Waals surface area contributed by atoms with Crippen molar-refractivity contribution in [3.8, 4) is 11.8 Å². The van der Waals surface area contributed by atoms with Gasteiger partial charge in [-0.25, -0.2) is 13.1 Å². The van der Waals surface area contributed by atoms with E-state index in [1.807, 2.05) is 0 Å². The number of aliphatic hydroxyl groups is 1. The van der Waals surface area contributed by atoms with Gasteiger partial charge in [-0.3, -0.25) is 0 Å². The van der Waals surface area contributed by atoms with Gasteiger partial charge in [0.25, 0.3) is 0 Å². The van der Waals surface area contributed by atoms with E-state index in [1.165, 1.54) is 23.5 Å². The Bertz CT molecular complexity index is 788. The molecule has 0 fully saturated rings. The molecule has 2 N–H and O–H groups in total. The van der Waals surface area contributed by atoms with Crippen LogP contribution in [0.4, 0.5) is 0 Å². The Hall–Kier alpha value is -1.36. The molecular formula is C14H12ClNO3S2. The number of benzene rings is 1. The fourth-order valence-electron chi connectivity index (χ4n) is 1.57. The van der Waals surface area contributed by atoms with E-state index in [0.717, 1.165) is 9.75 Å². The largest absolute Gasteiger partial charge is 0.384 e. The molecule has 2 rings (SSSR count). The predicted octanol–water partition coefficient (Wildman–Crippen LogP) is 2.22. The van der Waals surface area contributed by atoms with Crippen molar-refractivity contribution >= 4 is 33.0 Å². The molecule has 4 nitrogen and oxygen atoms in total. The smallest absolute Gasteiger partial charge is 0.242 e. The lowest BCUT2D eigenvalue weighted by atomic mass is 10.4. The molecule has 0 saturated heterocycles. The Kier molecular flexibility index (Phi) is 5.39. The van der Waals surface area contributed by atoms with Crippen LogP contribution in [0.5, 0.6) is 0 Å². The molecule has 0 aliphatic heterocycles. The maximum atomic E-state index is 12.2. The molecule has 0 atom stereocenters. The van der Waals surface area contributed by atoms with E-state index in [2.05, 4.69) is 16.6 Å². The van der Waals surface area contributed by atoms with E-state index in [0.29, 0.717) is 0 Å². The maximum absolute atomic E-state index is 12.2. The zero-order chi connectivity index (χ0) is 15.3. The highest BCUT2D eigenvalue weighted by Crippen LogP contribution is 2.21. The van der Waals surface area contributed by atoms with Crippen molar-refractivity contribution < 1.29 is 13.5 Å². The zero-order valence-electron chi connectivity index (χ0n) is 10.8. The van der Waals surface area contributed by atoms with Crippen LogP contribution in [-0.4, -0.2) is 20.1 Å². The summed E-state index contributed by atoms with van der Waals surface area (Å²) in [6.45, 7) is -0.0363. The van der Waals surface area contributed by atoms with Gasteiger partial charge in [-0.2, -0.15) is 0 Å². The van der Waals surface area contributed by atoms with E-state index >= 15 is 0 Å². The molecule has 110 valence electrons. The average molecular weight is 342 g/mol. The van der Waals surface area contributed by atoms with Crippen molar-refractivity contribution in [2.45, 2.75) is 11.4 Å². The van der Waals surface area contributed by atoms with E-state index in [9.17, 15) is 8.42 Å². The van der Waals surface area contributed by atoms with Gasteiger partial charge >= 0.3 is 0 Å². The minimum atomic E-state index is -3.65. The first-order chi connectivity index (χ1) is 10.0. The lowest BCUT2D eigenvalue weighted by molar-refractivity contribution is 0.350. The van der Waals surface area contributed by atoms with E-state index < -0.39 is 10.0 Å². The Morgan fingerprint density at radius 3 is 2.71 bits per heavy atom. The van der Waals surface area contributed by atoms with Crippen LogP contribution in [0.3, 0.4) is 0 Å². The lowest BCUT2D eigenvalue weighted by Crippen LogP contribution is -2.23. The van der Waals surface area contributed by atoms with Gasteiger partial charge in [0.1, 0.15) is 11.5 Å². The minimum absolute atomic E-state index is 0.0588. The van der Waals surface area contributed by atoms with E-state index in [1.54, 1.807) is 24.3 Å². The molecule has 0 aliphatic rings. The highest BCUT2D eigenvalue weighted by molar-refractivity contribution is 7.89. The van der Waals surface area contributed by atoms with Gasteiger partial charge in [0.05, 0.1) is 9.90 Å². The summed E-state index contributed by atoms with van der Waals surface area (Å²) in [5.74, 6) is 5.32. The van der Waals surface area contributed by atoms with Gasteiger partial charge in [-0.1, -0.05) is 35.6 Å². The van der Waals surface area contributed by atoms with E-state index in [4.69, 9.17) is 16.7 Å². The SMILES string of the molecule is O=S(=O)(NCc1ccc(C#CCO)s1)c1ccccc1Cl. The molecule has 1 aromatic carbocycles. The van der Waals surface area contributed by atoms with Gasteiger partial charge in [0.15, 0.2) is 0 Å². The second-order valence-corrected chi connectivity index (χ2v) is 7.29. The first kappa shape index (κ1) is 16.0. The highest BCUT2D eigenvalue weighted by Gasteiger charge is 2.17. The number of thiophene rings is 1. The normalized spacial score (nSPS) is 11.0. The van der Waals surface area contributed by atoms with Crippen LogP contribution in [0.15, 0.2) is 41.3 Å². The summed E-state index contributed by atoms with van der Waals surface area (Å²) in [7, 11) is -3.65. The number of nitrogens with one attached hydrogen (secondary N) is 1. The maximum Gasteiger partial charge on any atom is 0.242 e. The van der Waals surface area contributed by atoms with Gasteiger partial charge in [-0.15, -0.1) is 11.3 Å². The third-order valence-corrected chi connectivity index (χ3v) is 5.42. The molecule has 1 aromatic heterocycles. The number of hydrogen-bond donors (Lipinski definition) is 2. The molecule has 1 heterocycles. The Morgan fingerprint density at radius 2 is 2.00 bits per heavy atom. The zero-order valence-corrected chi connectivity index (χ0v) is 13.2. The second kappa shape index (κ2) is 7.07. The number of hydrogen-bond acceptors (Lipinski definition) is 4. The topological polar surface area (TPSA) is 66.4 Å². The Balaban J connectivity index is 2.09. The fourth-order valence-corrected chi connectivity index (χ4v) is 4.01. The van der Waals surface area contributed by atoms with Crippen LogP contribution in [0.1, 0.15) is 9.75 Å². The van der Waals surface area contributed by atoms with Crippen LogP contribution in [0.2, 0.25) is 5.02 Å². The molecule has 0 spiro atoms.